The van der Waals surface area contributed by atoms with E-state index in [9.17, 15) is 19.1 Å². The van der Waals surface area contributed by atoms with E-state index in [2.05, 4.69) is 5.32 Å². The Morgan fingerprint density at radius 2 is 1.79 bits per heavy atom. The lowest BCUT2D eigenvalue weighted by Crippen LogP contribution is -2.30. The summed E-state index contributed by atoms with van der Waals surface area (Å²) in [6, 6.07) is 7.57. The van der Waals surface area contributed by atoms with Crippen LogP contribution < -0.4 is 5.32 Å². The van der Waals surface area contributed by atoms with Crippen LogP contribution in [0.4, 0.5) is 10.1 Å². The molecule has 0 aromatic heterocycles. The molecular formula is C16H12Cl2FNO4. The van der Waals surface area contributed by atoms with Gasteiger partial charge >= 0.3 is 5.97 Å². The molecule has 126 valence electrons. The van der Waals surface area contributed by atoms with Gasteiger partial charge in [0.15, 0.2) is 6.10 Å². The van der Waals surface area contributed by atoms with Crippen LogP contribution in [0.2, 0.25) is 10.0 Å². The Labute approximate surface area is 147 Å². The first-order chi connectivity index (χ1) is 11.3. The van der Waals surface area contributed by atoms with E-state index >= 15 is 0 Å². The monoisotopic (exact) mass is 371 g/mol. The molecule has 0 radical (unpaired) electrons. The van der Waals surface area contributed by atoms with Gasteiger partial charge in [0, 0.05) is 10.0 Å². The molecule has 0 bridgehead atoms. The van der Waals surface area contributed by atoms with Crippen molar-refractivity contribution in [3.05, 3.63) is 57.8 Å². The highest BCUT2D eigenvalue weighted by Crippen LogP contribution is 2.23. The van der Waals surface area contributed by atoms with Crippen molar-refractivity contribution in [2.45, 2.75) is 13.0 Å². The number of hydrogen-bond acceptors (Lipinski definition) is 4. The van der Waals surface area contributed by atoms with E-state index in [0.717, 1.165) is 6.07 Å². The van der Waals surface area contributed by atoms with Crippen LogP contribution in [-0.4, -0.2) is 23.1 Å². The summed E-state index contributed by atoms with van der Waals surface area (Å²) in [5, 5.41) is 12.4. The fourth-order valence-electron chi connectivity index (χ4n) is 1.78. The maximum Gasteiger partial charge on any atom is 0.342 e. The van der Waals surface area contributed by atoms with Crippen LogP contribution in [0.3, 0.4) is 0 Å². The molecule has 0 fully saturated rings. The van der Waals surface area contributed by atoms with Gasteiger partial charge in [-0.2, -0.15) is 0 Å². The molecule has 5 nitrogen and oxygen atoms in total. The number of benzene rings is 2. The molecule has 2 rings (SSSR count). The van der Waals surface area contributed by atoms with Gasteiger partial charge < -0.3 is 15.2 Å². The summed E-state index contributed by atoms with van der Waals surface area (Å²) in [6.07, 6.45) is -1.22. The van der Waals surface area contributed by atoms with Gasteiger partial charge in [-0.1, -0.05) is 23.2 Å². The molecule has 2 N–H and O–H groups in total. The molecule has 2 aromatic carbocycles. The zero-order chi connectivity index (χ0) is 17.9. The second-order valence-electron chi connectivity index (χ2n) is 4.82. The summed E-state index contributed by atoms with van der Waals surface area (Å²) in [7, 11) is 0. The minimum Gasteiger partial charge on any atom is -0.507 e. The third-order valence-corrected chi connectivity index (χ3v) is 3.49. The molecule has 8 heteroatoms. The number of hydrogen-bond donors (Lipinski definition) is 2. The van der Waals surface area contributed by atoms with Gasteiger partial charge in [0.1, 0.15) is 17.1 Å². The summed E-state index contributed by atoms with van der Waals surface area (Å²) >= 11 is 11.3. The predicted molar refractivity (Wildman–Crippen MR) is 88.0 cm³/mol. The lowest BCUT2D eigenvalue weighted by atomic mass is 10.2. The average molecular weight is 372 g/mol. The van der Waals surface area contributed by atoms with E-state index in [1.54, 1.807) is 0 Å². The minimum absolute atomic E-state index is 0.0957. The Hall–Kier alpha value is -2.31. The molecule has 0 saturated heterocycles. The highest BCUT2D eigenvalue weighted by Gasteiger charge is 2.22. The lowest BCUT2D eigenvalue weighted by Gasteiger charge is -2.14. The van der Waals surface area contributed by atoms with Crippen molar-refractivity contribution in [2.75, 3.05) is 5.32 Å². The Morgan fingerprint density at radius 3 is 2.42 bits per heavy atom. The number of anilines is 1. The quantitative estimate of drug-likeness (QED) is 0.795. The zero-order valence-corrected chi connectivity index (χ0v) is 13.9. The molecule has 0 saturated carbocycles. The number of halogens is 3. The van der Waals surface area contributed by atoms with Crippen LogP contribution in [-0.2, 0) is 9.53 Å². The second-order valence-corrected chi connectivity index (χ2v) is 5.70. The number of ether oxygens (including phenoxy) is 1. The highest BCUT2D eigenvalue weighted by molar-refractivity contribution is 6.31. The van der Waals surface area contributed by atoms with E-state index in [4.69, 9.17) is 27.9 Å². The number of esters is 1. The van der Waals surface area contributed by atoms with Crippen LogP contribution in [0.1, 0.15) is 17.3 Å². The first-order valence-corrected chi connectivity index (χ1v) is 7.49. The molecule has 0 spiro atoms. The van der Waals surface area contributed by atoms with Crippen LogP contribution in [0, 0.1) is 5.82 Å². The van der Waals surface area contributed by atoms with E-state index in [1.165, 1.54) is 37.3 Å². The molecule has 0 aliphatic heterocycles. The normalized spacial score (nSPS) is 11.7. The lowest BCUT2D eigenvalue weighted by molar-refractivity contribution is -0.123. The number of phenols is 1. The van der Waals surface area contributed by atoms with Crippen LogP contribution in [0.5, 0.6) is 5.75 Å². The minimum atomic E-state index is -1.22. The van der Waals surface area contributed by atoms with Crippen molar-refractivity contribution in [3.8, 4) is 5.75 Å². The van der Waals surface area contributed by atoms with Crippen LogP contribution in [0.15, 0.2) is 36.4 Å². The molecule has 1 amide bonds. The SMILES string of the molecule is C[C@H](OC(=O)c1ccc(Cl)cc1O)C(=O)Nc1ccc(Cl)cc1F. The highest BCUT2D eigenvalue weighted by atomic mass is 35.5. The topological polar surface area (TPSA) is 75.6 Å². The van der Waals surface area contributed by atoms with E-state index < -0.39 is 23.8 Å². The van der Waals surface area contributed by atoms with E-state index in [-0.39, 0.29) is 27.0 Å². The molecule has 0 aliphatic carbocycles. The van der Waals surface area contributed by atoms with Crippen LogP contribution in [0.25, 0.3) is 0 Å². The number of phenolic OH excluding ortho intramolecular Hbond substituents is 1. The molecule has 2 aromatic rings. The fourth-order valence-corrected chi connectivity index (χ4v) is 2.11. The molecule has 0 heterocycles. The number of amides is 1. The van der Waals surface area contributed by atoms with Gasteiger partial charge in [0.2, 0.25) is 0 Å². The average Bonchev–Trinajstić information content (AvgIpc) is 2.49. The van der Waals surface area contributed by atoms with Crippen molar-refractivity contribution >= 4 is 40.8 Å². The zero-order valence-electron chi connectivity index (χ0n) is 12.3. The van der Waals surface area contributed by atoms with Crippen molar-refractivity contribution in [1.29, 1.82) is 0 Å². The number of carbonyl (C=O) groups is 2. The van der Waals surface area contributed by atoms with Crippen molar-refractivity contribution in [3.63, 3.8) is 0 Å². The van der Waals surface area contributed by atoms with Gasteiger partial charge in [0.05, 0.1) is 5.69 Å². The summed E-state index contributed by atoms with van der Waals surface area (Å²) in [5.41, 5.74) is -0.238. The Bertz CT molecular complexity index is 798. The number of aromatic hydroxyl groups is 1. The first kappa shape index (κ1) is 18.0. The van der Waals surface area contributed by atoms with Crippen molar-refractivity contribution in [2.24, 2.45) is 0 Å². The number of nitrogens with one attached hydrogen (secondary N) is 1. The largest absolute Gasteiger partial charge is 0.507 e. The third-order valence-electron chi connectivity index (χ3n) is 3.02. The molecule has 24 heavy (non-hydrogen) atoms. The van der Waals surface area contributed by atoms with Gasteiger partial charge in [-0.05, 0) is 43.3 Å². The van der Waals surface area contributed by atoms with Gasteiger partial charge in [-0.3, -0.25) is 4.79 Å². The van der Waals surface area contributed by atoms with E-state index in [1.807, 2.05) is 0 Å². The number of carbonyl (C=O) groups excluding carboxylic acids is 2. The van der Waals surface area contributed by atoms with Gasteiger partial charge in [-0.15, -0.1) is 0 Å². The third kappa shape index (κ3) is 4.37. The second kappa shape index (κ2) is 7.51. The molecule has 0 aliphatic rings. The van der Waals surface area contributed by atoms with Gasteiger partial charge in [-0.25, -0.2) is 9.18 Å². The van der Waals surface area contributed by atoms with E-state index in [0.29, 0.717) is 0 Å². The summed E-state index contributed by atoms with van der Waals surface area (Å²) in [5.74, 6) is -2.74. The standard InChI is InChI=1S/C16H12Cl2FNO4/c1-8(15(22)20-13-5-3-9(17)6-12(13)19)24-16(23)11-4-2-10(18)7-14(11)21/h2-8,21H,1H3,(H,20,22)/t8-/m0/s1. The predicted octanol–water partition coefficient (Wildman–Crippen LogP) is 4.02. The smallest absolute Gasteiger partial charge is 0.342 e. The Balaban J connectivity index is 2.04. The van der Waals surface area contributed by atoms with Crippen LogP contribution >= 0.6 is 23.2 Å². The van der Waals surface area contributed by atoms with Crippen molar-refractivity contribution in [1.82, 2.24) is 0 Å². The van der Waals surface area contributed by atoms with Crippen molar-refractivity contribution < 1.29 is 23.8 Å². The maximum absolute atomic E-state index is 13.6. The summed E-state index contributed by atoms with van der Waals surface area (Å²) in [6.45, 7) is 1.31. The summed E-state index contributed by atoms with van der Waals surface area (Å²) < 4.78 is 18.6. The first-order valence-electron chi connectivity index (χ1n) is 6.73. The van der Waals surface area contributed by atoms with Gasteiger partial charge in [0.25, 0.3) is 5.91 Å². The Morgan fingerprint density at radius 1 is 1.17 bits per heavy atom. The fraction of sp³-hybridized carbons (Fsp3) is 0.125. The summed E-state index contributed by atoms with van der Waals surface area (Å²) in [4.78, 5) is 23.9. The Kier molecular flexibility index (Phi) is 5.64. The number of rotatable bonds is 4. The molecule has 0 unspecified atom stereocenters. The molecular weight excluding hydrogens is 360 g/mol. The maximum atomic E-state index is 13.6. The molecule has 1 atom stereocenters.